The highest BCUT2D eigenvalue weighted by atomic mass is 16.5. The number of piperazine rings is 1. The van der Waals surface area contributed by atoms with Crippen LogP contribution < -0.4 is 10.1 Å². The van der Waals surface area contributed by atoms with Crippen molar-refractivity contribution in [3.63, 3.8) is 0 Å². The summed E-state index contributed by atoms with van der Waals surface area (Å²) in [4.78, 5) is 2.58. The van der Waals surface area contributed by atoms with Crippen LogP contribution >= 0.6 is 0 Å². The van der Waals surface area contributed by atoms with Gasteiger partial charge in [0.2, 0.25) is 0 Å². The summed E-state index contributed by atoms with van der Waals surface area (Å²) >= 11 is 0. The molecule has 0 unspecified atom stereocenters. The summed E-state index contributed by atoms with van der Waals surface area (Å²) < 4.78 is 5.50. The minimum Gasteiger partial charge on any atom is -0.494 e. The Morgan fingerprint density at radius 1 is 1.17 bits per heavy atom. The molecule has 1 aliphatic heterocycles. The number of hydrogen-bond acceptors (Lipinski definition) is 3. The van der Waals surface area contributed by atoms with E-state index >= 15 is 0 Å². The Hall–Kier alpha value is -1.06. The number of nitrogens with zero attached hydrogens (tertiary/aromatic N) is 1. The molecule has 0 radical (unpaired) electrons. The van der Waals surface area contributed by atoms with Crippen molar-refractivity contribution < 1.29 is 4.74 Å². The zero-order valence-electron chi connectivity index (χ0n) is 11.5. The summed E-state index contributed by atoms with van der Waals surface area (Å²) in [6.07, 6.45) is 1.16. The molecule has 3 heteroatoms. The highest BCUT2D eigenvalue weighted by Crippen LogP contribution is 2.26. The van der Waals surface area contributed by atoms with Crippen molar-refractivity contribution in [2.75, 3.05) is 32.8 Å². The van der Waals surface area contributed by atoms with Gasteiger partial charge in [-0.15, -0.1) is 0 Å². The molecule has 1 saturated heterocycles. The Morgan fingerprint density at radius 3 is 2.39 bits per heavy atom. The topological polar surface area (TPSA) is 24.5 Å². The maximum absolute atomic E-state index is 5.50. The Bertz CT molecular complexity index is 344. The van der Waals surface area contributed by atoms with E-state index < -0.39 is 0 Å². The van der Waals surface area contributed by atoms with Crippen LogP contribution in [0.1, 0.15) is 31.9 Å². The summed E-state index contributed by atoms with van der Waals surface area (Å²) in [7, 11) is 0. The van der Waals surface area contributed by atoms with Crippen LogP contribution in [0.4, 0.5) is 0 Å². The number of ether oxygens (including phenoxy) is 1. The monoisotopic (exact) mass is 248 g/mol. The summed E-state index contributed by atoms with van der Waals surface area (Å²) in [6, 6.07) is 9.14. The minimum atomic E-state index is 0.544. The average Bonchev–Trinajstić information content (AvgIpc) is 2.43. The molecule has 1 aromatic carbocycles. The van der Waals surface area contributed by atoms with Gasteiger partial charge in [-0.05, 0) is 31.0 Å². The first-order valence-corrected chi connectivity index (χ1v) is 7.02. The van der Waals surface area contributed by atoms with Gasteiger partial charge in [0, 0.05) is 32.2 Å². The van der Waals surface area contributed by atoms with Gasteiger partial charge < -0.3 is 10.1 Å². The van der Waals surface area contributed by atoms with Crippen LogP contribution in [0.25, 0.3) is 0 Å². The third-order valence-corrected chi connectivity index (χ3v) is 3.55. The SMILES string of the molecule is CCOc1ccc([C@H](CC)N2CCNCC2)cc1. The van der Waals surface area contributed by atoms with Crippen LogP contribution in [-0.4, -0.2) is 37.7 Å². The zero-order chi connectivity index (χ0) is 12.8. The van der Waals surface area contributed by atoms with Crippen molar-refractivity contribution in [1.29, 1.82) is 0 Å². The van der Waals surface area contributed by atoms with Crippen molar-refractivity contribution in [3.8, 4) is 5.75 Å². The molecule has 0 saturated carbocycles. The molecule has 0 aliphatic carbocycles. The van der Waals surface area contributed by atoms with Gasteiger partial charge in [-0.3, -0.25) is 4.90 Å². The summed E-state index contributed by atoms with van der Waals surface area (Å²) in [6.45, 7) is 9.51. The van der Waals surface area contributed by atoms with Crippen LogP contribution in [-0.2, 0) is 0 Å². The molecule has 1 atom stereocenters. The molecule has 2 rings (SSSR count). The average molecular weight is 248 g/mol. The van der Waals surface area contributed by atoms with Gasteiger partial charge in [0.25, 0.3) is 0 Å². The number of hydrogen-bond donors (Lipinski definition) is 1. The lowest BCUT2D eigenvalue weighted by Gasteiger charge is -2.34. The van der Waals surface area contributed by atoms with Gasteiger partial charge in [0.1, 0.15) is 5.75 Å². The molecule has 1 fully saturated rings. The standard InChI is InChI=1S/C15H24N2O/c1-3-15(17-11-9-16-10-12-17)13-5-7-14(8-6-13)18-4-2/h5-8,15-16H,3-4,9-12H2,1-2H3/t15-/m0/s1. The lowest BCUT2D eigenvalue weighted by atomic mass is 10.0. The number of nitrogens with one attached hydrogen (secondary N) is 1. The Labute approximate surface area is 110 Å². The Balaban J connectivity index is 2.06. The molecule has 0 bridgehead atoms. The molecule has 0 spiro atoms. The Kier molecular flexibility index (Phi) is 5.02. The first kappa shape index (κ1) is 13.4. The predicted molar refractivity (Wildman–Crippen MR) is 75.1 cm³/mol. The molecule has 100 valence electrons. The molecular formula is C15H24N2O. The van der Waals surface area contributed by atoms with Crippen molar-refractivity contribution in [2.24, 2.45) is 0 Å². The fourth-order valence-corrected chi connectivity index (χ4v) is 2.65. The first-order valence-electron chi connectivity index (χ1n) is 7.02. The van der Waals surface area contributed by atoms with E-state index in [0.29, 0.717) is 6.04 Å². The second-order valence-electron chi connectivity index (χ2n) is 4.71. The summed E-state index contributed by atoms with van der Waals surface area (Å²) in [5.74, 6) is 0.969. The van der Waals surface area contributed by atoms with Crippen LogP contribution in [0, 0.1) is 0 Å². The summed E-state index contributed by atoms with van der Waals surface area (Å²) in [5.41, 5.74) is 1.41. The summed E-state index contributed by atoms with van der Waals surface area (Å²) in [5, 5.41) is 3.41. The second kappa shape index (κ2) is 6.76. The predicted octanol–water partition coefficient (Wildman–Crippen LogP) is 2.44. The minimum absolute atomic E-state index is 0.544. The van der Waals surface area contributed by atoms with E-state index in [-0.39, 0.29) is 0 Å². The van der Waals surface area contributed by atoms with Crippen LogP contribution in [0.2, 0.25) is 0 Å². The van der Waals surface area contributed by atoms with Gasteiger partial charge in [-0.1, -0.05) is 19.1 Å². The highest BCUT2D eigenvalue weighted by Gasteiger charge is 2.20. The van der Waals surface area contributed by atoms with E-state index in [1.54, 1.807) is 0 Å². The van der Waals surface area contributed by atoms with E-state index in [1.807, 2.05) is 6.92 Å². The maximum atomic E-state index is 5.50. The second-order valence-corrected chi connectivity index (χ2v) is 4.71. The smallest absolute Gasteiger partial charge is 0.119 e. The van der Waals surface area contributed by atoms with Gasteiger partial charge in [-0.25, -0.2) is 0 Å². The van der Waals surface area contributed by atoms with E-state index in [1.165, 1.54) is 5.56 Å². The highest BCUT2D eigenvalue weighted by molar-refractivity contribution is 5.29. The maximum Gasteiger partial charge on any atom is 0.119 e. The largest absolute Gasteiger partial charge is 0.494 e. The van der Waals surface area contributed by atoms with E-state index in [9.17, 15) is 0 Å². The normalized spacial score (nSPS) is 18.6. The van der Waals surface area contributed by atoms with E-state index in [0.717, 1.165) is 45.0 Å². The van der Waals surface area contributed by atoms with Crippen molar-refractivity contribution in [1.82, 2.24) is 10.2 Å². The molecule has 18 heavy (non-hydrogen) atoms. The van der Waals surface area contributed by atoms with E-state index in [2.05, 4.69) is 41.4 Å². The van der Waals surface area contributed by atoms with Crippen LogP contribution in [0.3, 0.4) is 0 Å². The van der Waals surface area contributed by atoms with Crippen molar-refractivity contribution in [3.05, 3.63) is 29.8 Å². The molecule has 3 nitrogen and oxygen atoms in total. The fraction of sp³-hybridized carbons (Fsp3) is 0.600. The van der Waals surface area contributed by atoms with Gasteiger partial charge in [-0.2, -0.15) is 0 Å². The van der Waals surface area contributed by atoms with E-state index in [4.69, 9.17) is 4.74 Å². The third-order valence-electron chi connectivity index (χ3n) is 3.55. The molecule has 0 aromatic heterocycles. The number of rotatable bonds is 5. The quantitative estimate of drug-likeness (QED) is 0.866. The van der Waals surface area contributed by atoms with Crippen LogP contribution in [0.15, 0.2) is 24.3 Å². The fourth-order valence-electron chi connectivity index (χ4n) is 2.65. The molecule has 1 aromatic rings. The van der Waals surface area contributed by atoms with Gasteiger partial charge >= 0.3 is 0 Å². The number of benzene rings is 1. The van der Waals surface area contributed by atoms with Gasteiger partial charge in [0.15, 0.2) is 0 Å². The molecule has 0 amide bonds. The van der Waals surface area contributed by atoms with Crippen molar-refractivity contribution in [2.45, 2.75) is 26.3 Å². The lowest BCUT2D eigenvalue weighted by Crippen LogP contribution is -2.45. The van der Waals surface area contributed by atoms with Gasteiger partial charge in [0.05, 0.1) is 6.61 Å². The molecule has 1 aliphatic rings. The molecular weight excluding hydrogens is 224 g/mol. The van der Waals surface area contributed by atoms with Crippen LogP contribution in [0.5, 0.6) is 5.75 Å². The third kappa shape index (κ3) is 3.24. The van der Waals surface area contributed by atoms with Crippen molar-refractivity contribution >= 4 is 0 Å². The zero-order valence-corrected chi connectivity index (χ0v) is 11.5. The molecule has 1 heterocycles. The first-order chi connectivity index (χ1) is 8.85. The molecule has 1 N–H and O–H groups in total. The Morgan fingerprint density at radius 2 is 1.83 bits per heavy atom. The lowest BCUT2D eigenvalue weighted by molar-refractivity contribution is 0.169.